The standard InChI is InChI=1S/C18H23N.C18H21N.C17H21NO.2CH4/c2*1-11(2)13-7-8-16-14(9-13)5-6-15-10-17(12(3)4)19-18(15)16;1-10(2)12-5-6-14-16(8-12)19-9-13-7-15(11(3)4)18-17(13)14;;/h7-9,11-12H,5-6,10H2,1-4H3;5-9,11-12H,10H2,1-4H3;5-6,8,10-11H,7,9H2,1-4H3;2*1H4. The number of aliphatic imine (C=N–C) groups is 3. The number of rotatable bonds is 6. The smallest absolute Gasteiger partial charge is 0.129 e. The maximum atomic E-state index is 5.93. The average molecular weight is 792 g/mol. The van der Waals surface area contributed by atoms with Crippen molar-refractivity contribution < 1.29 is 4.74 Å². The van der Waals surface area contributed by atoms with Crippen molar-refractivity contribution in [1.82, 2.24) is 0 Å². The molecule has 4 aliphatic heterocycles. The molecule has 0 amide bonds. The maximum absolute atomic E-state index is 5.93. The number of nitrogens with zero attached hydrogens (tertiary/aromatic N) is 3. The Labute approximate surface area is 358 Å². The highest BCUT2D eigenvalue weighted by atomic mass is 16.5. The van der Waals surface area contributed by atoms with Crippen molar-refractivity contribution in [3.63, 3.8) is 0 Å². The van der Waals surface area contributed by atoms with Gasteiger partial charge in [0.05, 0.1) is 17.1 Å². The van der Waals surface area contributed by atoms with Crippen molar-refractivity contribution in [2.75, 3.05) is 6.61 Å². The zero-order valence-corrected chi connectivity index (χ0v) is 36.8. The van der Waals surface area contributed by atoms with Crippen LogP contribution in [0.15, 0.2) is 92.9 Å². The molecule has 0 aromatic heterocycles. The van der Waals surface area contributed by atoms with Crippen molar-refractivity contribution in [1.29, 1.82) is 0 Å². The highest BCUT2D eigenvalue weighted by molar-refractivity contribution is 6.04. The molecule has 0 unspecified atom stereocenters. The van der Waals surface area contributed by atoms with E-state index in [9.17, 15) is 0 Å². The molecule has 0 radical (unpaired) electrons. The summed E-state index contributed by atoms with van der Waals surface area (Å²) in [5.41, 5.74) is 20.2. The minimum atomic E-state index is 0. The lowest BCUT2D eigenvalue weighted by molar-refractivity contribution is 0.344. The quantitative estimate of drug-likeness (QED) is 0.192. The Kier molecular flexibility index (Phi) is 14.5. The predicted octanol–water partition coefficient (Wildman–Crippen LogP) is 15.9. The van der Waals surface area contributed by atoms with Crippen molar-refractivity contribution in [2.45, 2.75) is 148 Å². The van der Waals surface area contributed by atoms with E-state index >= 15 is 0 Å². The van der Waals surface area contributed by atoms with E-state index in [1.165, 1.54) is 102 Å². The fraction of sp³-hybridized carbons (Fsp3) is 0.473. The third kappa shape index (κ3) is 9.58. The lowest BCUT2D eigenvalue weighted by Crippen LogP contribution is -2.11. The monoisotopic (exact) mass is 792 g/mol. The molecule has 0 spiro atoms. The summed E-state index contributed by atoms with van der Waals surface area (Å²) in [7, 11) is 0. The Morgan fingerprint density at radius 1 is 0.458 bits per heavy atom. The molecule has 4 aromatic rings. The Bertz CT molecular complexity index is 2230. The first-order chi connectivity index (χ1) is 27.2. The van der Waals surface area contributed by atoms with Crippen molar-refractivity contribution in [3.05, 3.63) is 117 Å². The Morgan fingerprint density at radius 2 is 0.983 bits per heavy atom. The molecule has 59 heavy (non-hydrogen) atoms. The lowest BCUT2D eigenvalue weighted by Gasteiger charge is -2.20. The van der Waals surface area contributed by atoms with Crippen molar-refractivity contribution in [2.24, 2.45) is 32.7 Å². The van der Waals surface area contributed by atoms with Gasteiger partial charge in [0.25, 0.3) is 0 Å². The Balaban J connectivity index is 0.000000165. The fourth-order valence-corrected chi connectivity index (χ4v) is 8.42. The molecule has 5 aliphatic rings. The lowest BCUT2D eigenvalue weighted by atomic mass is 9.86. The highest BCUT2D eigenvalue weighted by Gasteiger charge is 2.28. The zero-order valence-electron chi connectivity index (χ0n) is 36.8. The summed E-state index contributed by atoms with van der Waals surface area (Å²) in [6, 6.07) is 24.8. The van der Waals surface area contributed by atoms with Gasteiger partial charge in [-0.15, -0.1) is 0 Å². The van der Waals surface area contributed by atoms with Crippen LogP contribution in [0.2, 0.25) is 0 Å². The topological polar surface area (TPSA) is 46.3 Å². The first kappa shape index (κ1) is 45.5. The number of ether oxygens (including phenoxy) is 1. The van der Waals surface area contributed by atoms with E-state index in [1.807, 2.05) is 0 Å². The van der Waals surface area contributed by atoms with E-state index in [4.69, 9.17) is 19.7 Å². The molecule has 4 heterocycles. The second kappa shape index (κ2) is 18.8. The molecule has 9 rings (SSSR count). The average Bonchev–Trinajstić information content (AvgIpc) is 3.95. The second-order valence-electron chi connectivity index (χ2n) is 18.7. The number of fused-ring (bicyclic) bond motifs is 7. The van der Waals surface area contributed by atoms with Crippen LogP contribution in [0.1, 0.15) is 174 Å². The Hall–Kier alpha value is -4.57. The first-order valence-corrected chi connectivity index (χ1v) is 21.8. The minimum absolute atomic E-state index is 0. The maximum Gasteiger partial charge on any atom is 0.129 e. The number of benzene rings is 4. The summed E-state index contributed by atoms with van der Waals surface area (Å²) in [6.07, 6.45) is 5.50. The molecule has 0 atom stereocenters. The van der Waals surface area contributed by atoms with Gasteiger partial charge in [0.15, 0.2) is 0 Å². The van der Waals surface area contributed by atoms with E-state index in [-0.39, 0.29) is 14.9 Å². The first-order valence-electron chi connectivity index (χ1n) is 21.8. The zero-order chi connectivity index (χ0) is 40.7. The normalized spacial score (nSPS) is 16.0. The predicted molar refractivity (Wildman–Crippen MR) is 260 cm³/mol. The van der Waals surface area contributed by atoms with Crippen molar-refractivity contribution >= 4 is 45.0 Å². The molecule has 4 aromatic carbocycles. The van der Waals surface area contributed by atoms with Crippen LogP contribution in [0, 0.1) is 17.8 Å². The van der Waals surface area contributed by atoms with E-state index in [2.05, 4.69) is 150 Å². The second-order valence-corrected chi connectivity index (χ2v) is 18.7. The van der Waals surface area contributed by atoms with Crippen LogP contribution < -0.4 is 4.74 Å². The van der Waals surface area contributed by atoms with E-state index in [1.54, 1.807) is 5.57 Å². The summed E-state index contributed by atoms with van der Waals surface area (Å²) < 4.78 is 5.93. The molecule has 0 saturated carbocycles. The summed E-state index contributed by atoms with van der Waals surface area (Å²) in [6.45, 7) is 27.5. The van der Waals surface area contributed by atoms with Crippen LogP contribution in [-0.4, -0.2) is 23.7 Å². The molecular weight excluding hydrogens is 719 g/mol. The van der Waals surface area contributed by atoms with Gasteiger partial charge in [-0.2, -0.15) is 0 Å². The minimum Gasteiger partial charge on any atom is -0.488 e. The number of hydrogen-bond donors (Lipinski definition) is 0. The summed E-state index contributed by atoms with van der Waals surface area (Å²) >= 11 is 0. The van der Waals surface area contributed by atoms with Crippen LogP contribution in [0.5, 0.6) is 5.75 Å². The van der Waals surface area contributed by atoms with E-state index < -0.39 is 0 Å². The molecule has 0 N–H and O–H groups in total. The molecule has 314 valence electrons. The molecule has 4 nitrogen and oxygen atoms in total. The van der Waals surface area contributed by atoms with Crippen LogP contribution in [0.3, 0.4) is 0 Å². The van der Waals surface area contributed by atoms with Crippen LogP contribution in [-0.2, 0) is 12.8 Å². The largest absolute Gasteiger partial charge is 0.488 e. The van der Waals surface area contributed by atoms with Gasteiger partial charge < -0.3 is 4.74 Å². The molecular formula is C55H73N3O. The van der Waals surface area contributed by atoms with Gasteiger partial charge in [-0.1, -0.05) is 153 Å². The number of allylic oxidation sites excluding steroid dienone is 1. The van der Waals surface area contributed by atoms with Gasteiger partial charge in [-0.25, -0.2) is 0 Å². The van der Waals surface area contributed by atoms with Crippen LogP contribution in [0.4, 0.5) is 5.69 Å². The SMILES string of the molecule is C.C.CC(C)C1=NC2=C(CCc3cc(C(C)C)ccc32)C1.CC(C)C1=NC2=C(COc3cc(C(C)C)ccc32)C1.CC(C)C1=Nc2c(ccc3cc(C(C)C)ccc23)C1. The molecule has 4 heteroatoms. The van der Waals surface area contributed by atoms with Crippen LogP contribution >= 0.6 is 0 Å². The van der Waals surface area contributed by atoms with E-state index in [0.717, 1.165) is 25.0 Å². The van der Waals surface area contributed by atoms with Gasteiger partial charge in [0.1, 0.15) is 12.4 Å². The van der Waals surface area contributed by atoms with E-state index in [0.29, 0.717) is 42.1 Å². The Morgan fingerprint density at radius 3 is 1.59 bits per heavy atom. The molecule has 0 saturated heterocycles. The van der Waals surface area contributed by atoms with Gasteiger partial charge in [0.2, 0.25) is 0 Å². The summed E-state index contributed by atoms with van der Waals surface area (Å²) in [4.78, 5) is 14.6. The molecule has 1 aliphatic carbocycles. The molecule has 0 bridgehead atoms. The van der Waals surface area contributed by atoms with Crippen LogP contribution in [0.25, 0.3) is 22.2 Å². The summed E-state index contributed by atoms with van der Waals surface area (Å²) in [5, 5.41) is 2.62. The van der Waals surface area contributed by atoms with Gasteiger partial charge in [0, 0.05) is 52.9 Å². The fourth-order valence-electron chi connectivity index (χ4n) is 8.42. The third-order valence-electron chi connectivity index (χ3n) is 12.4. The highest BCUT2D eigenvalue weighted by Crippen LogP contribution is 2.42. The third-order valence-corrected chi connectivity index (χ3v) is 12.4. The van der Waals surface area contributed by atoms with Gasteiger partial charge >= 0.3 is 0 Å². The molecule has 0 fully saturated rings. The number of hydrogen-bond acceptors (Lipinski definition) is 4. The number of aryl methyl sites for hydroxylation is 1. The van der Waals surface area contributed by atoms with Gasteiger partial charge in [-0.3, -0.25) is 15.0 Å². The summed E-state index contributed by atoms with van der Waals surface area (Å²) in [5.74, 6) is 4.35. The van der Waals surface area contributed by atoms with Crippen molar-refractivity contribution in [3.8, 4) is 5.75 Å². The van der Waals surface area contributed by atoms with Gasteiger partial charge in [-0.05, 0) is 105 Å².